The van der Waals surface area contributed by atoms with Gasteiger partial charge in [0.1, 0.15) is 11.8 Å². The summed E-state index contributed by atoms with van der Waals surface area (Å²) in [6, 6.07) is 6.57. The maximum atomic E-state index is 11.4. The number of rotatable bonds is 4. The fraction of sp³-hybridized carbons (Fsp3) is 0.273. The van der Waals surface area contributed by atoms with E-state index in [9.17, 15) is 4.79 Å². The minimum absolute atomic E-state index is 0.274. The van der Waals surface area contributed by atoms with Crippen LogP contribution in [0, 0.1) is 11.3 Å². The molecule has 3 N–H and O–H groups in total. The second kappa shape index (κ2) is 6.09. The van der Waals surface area contributed by atoms with E-state index in [1.807, 2.05) is 11.5 Å². The Morgan fingerprint density at radius 1 is 1.71 bits per heavy atom. The van der Waals surface area contributed by atoms with E-state index < -0.39 is 12.0 Å². The molecular weight excluding hydrogens is 242 g/mol. The number of halogens is 1. The molecule has 5 nitrogen and oxygen atoms in total. The van der Waals surface area contributed by atoms with Crippen molar-refractivity contribution in [2.75, 3.05) is 0 Å². The third-order valence-corrected chi connectivity index (χ3v) is 2.37. The first-order chi connectivity index (χ1) is 8.12. The molecular formula is C11H12ClN3O2. The van der Waals surface area contributed by atoms with Gasteiger partial charge in [0.15, 0.2) is 6.10 Å². The molecule has 1 aromatic rings. The van der Waals surface area contributed by atoms with Crippen molar-refractivity contribution in [2.45, 2.75) is 19.4 Å². The molecule has 0 heterocycles. The number of amides is 1. The van der Waals surface area contributed by atoms with E-state index in [1.54, 1.807) is 13.0 Å². The summed E-state index contributed by atoms with van der Waals surface area (Å²) in [5, 5.41) is 9.32. The van der Waals surface area contributed by atoms with Crippen molar-refractivity contribution < 1.29 is 9.53 Å². The van der Waals surface area contributed by atoms with Crippen LogP contribution in [0.5, 0.6) is 5.75 Å². The minimum atomic E-state index is -0.745. The standard InChI is InChI=1S/C11H12ClN3O2/c1-2-9(11(16)15-14)17-10-5-8(12)4-3-7(10)6-13/h3-5,9H,2,14H2,1H3,(H,15,16). The second-order valence-electron chi connectivity index (χ2n) is 3.28. The first-order valence-electron chi connectivity index (χ1n) is 4.99. The molecule has 6 heteroatoms. The van der Waals surface area contributed by atoms with Crippen LogP contribution in [-0.4, -0.2) is 12.0 Å². The Labute approximate surface area is 104 Å². The summed E-state index contributed by atoms with van der Waals surface area (Å²) in [7, 11) is 0. The number of nitrogens with zero attached hydrogens (tertiary/aromatic N) is 1. The monoisotopic (exact) mass is 253 g/mol. The van der Waals surface area contributed by atoms with E-state index >= 15 is 0 Å². The molecule has 0 saturated carbocycles. The van der Waals surface area contributed by atoms with Gasteiger partial charge in [0.25, 0.3) is 5.91 Å². The number of nitrogens with one attached hydrogen (secondary N) is 1. The number of hydrogen-bond donors (Lipinski definition) is 2. The van der Waals surface area contributed by atoms with Gasteiger partial charge >= 0.3 is 0 Å². The van der Waals surface area contributed by atoms with Crippen molar-refractivity contribution in [3.63, 3.8) is 0 Å². The Hall–Kier alpha value is -1.77. The molecule has 0 radical (unpaired) electrons. The zero-order valence-electron chi connectivity index (χ0n) is 9.24. The predicted octanol–water partition coefficient (Wildman–Crippen LogP) is 1.36. The zero-order chi connectivity index (χ0) is 12.8. The second-order valence-corrected chi connectivity index (χ2v) is 3.71. The van der Waals surface area contributed by atoms with Crippen molar-refractivity contribution in [3.05, 3.63) is 28.8 Å². The van der Waals surface area contributed by atoms with Gasteiger partial charge in [-0.25, -0.2) is 5.84 Å². The molecule has 0 aromatic heterocycles. The average Bonchev–Trinajstić information content (AvgIpc) is 2.35. The third-order valence-electron chi connectivity index (χ3n) is 2.14. The van der Waals surface area contributed by atoms with Gasteiger partial charge in [-0.2, -0.15) is 5.26 Å². The lowest BCUT2D eigenvalue weighted by molar-refractivity contribution is -0.128. The van der Waals surface area contributed by atoms with E-state index in [1.165, 1.54) is 12.1 Å². The lowest BCUT2D eigenvalue weighted by atomic mass is 10.2. The molecule has 0 fully saturated rings. The van der Waals surface area contributed by atoms with E-state index in [0.717, 1.165) is 0 Å². The van der Waals surface area contributed by atoms with Crippen molar-refractivity contribution >= 4 is 17.5 Å². The first-order valence-corrected chi connectivity index (χ1v) is 5.37. The summed E-state index contributed by atoms with van der Waals surface area (Å²) in [5.41, 5.74) is 2.33. The average molecular weight is 254 g/mol. The first kappa shape index (κ1) is 13.3. The molecule has 90 valence electrons. The van der Waals surface area contributed by atoms with Gasteiger partial charge in [-0.05, 0) is 18.6 Å². The highest BCUT2D eigenvalue weighted by Crippen LogP contribution is 2.24. The molecule has 0 spiro atoms. The summed E-state index contributed by atoms with van der Waals surface area (Å²) in [5.74, 6) is 4.86. The predicted molar refractivity (Wildman–Crippen MR) is 63.2 cm³/mol. The number of nitriles is 1. The van der Waals surface area contributed by atoms with Crippen LogP contribution >= 0.6 is 11.6 Å². The van der Waals surface area contributed by atoms with Gasteiger partial charge in [0.05, 0.1) is 5.56 Å². The quantitative estimate of drug-likeness (QED) is 0.482. The number of carbonyl (C=O) groups excluding carboxylic acids is 1. The number of ether oxygens (including phenoxy) is 1. The van der Waals surface area contributed by atoms with Gasteiger partial charge in [-0.1, -0.05) is 18.5 Å². The smallest absolute Gasteiger partial charge is 0.274 e. The molecule has 0 aliphatic carbocycles. The highest BCUT2D eigenvalue weighted by Gasteiger charge is 2.18. The molecule has 0 bridgehead atoms. The van der Waals surface area contributed by atoms with Gasteiger partial charge in [0.2, 0.25) is 0 Å². The van der Waals surface area contributed by atoms with Crippen LogP contribution in [0.3, 0.4) is 0 Å². The summed E-state index contributed by atoms with van der Waals surface area (Å²) in [4.78, 5) is 11.4. The van der Waals surface area contributed by atoms with Crippen LogP contribution in [-0.2, 0) is 4.79 Å². The van der Waals surface area contributed by atoms with Crippen LogP contribution in [0.2, 0.25) is 5.02 Å². The molecule has 1 amide bonds. The highest BCUT2D eigenvalue weighted by atomic mass is 35.5. The Kier molecular flexibility index (Phi) is 4.76. The zero-order valence-corrected chi connectivity index (χ0v) is 9.99. The van der Waals surface area contributed by atoms with Crippen LogP contribution in [0.1, 0.15) is 18.9 Å². The molecule has 1 aromatic carbocycles. The Morgan fingerprint density at radius 2 is 2.41 bits per heavy atom. The van der Waals surface area contributed by atoms with Gasteiger partial charge < -0.3 is 4.74 Å². The van der Waals surface area contributed by atoms with E-state index in [2.05, 4.69) is 0 Å². The molecule has 0 saturated heterocycles. The molecule has 1 atom stereocenters. The fourth-order valence-corrected chi connectivity index (χ4v) is 1.42. The lowest BCUT2D eigenvalue weighted by Crippen LogP contribution is -2.41. The third kappa shape index (κ3) is 3.34. The Balaban J connectivity index is 2.97. The van der Waals surface area contributed by atoms with E-state index in [-0.39, 0.29) is 5.75 Å². The van der Waals surface area contributed by atoms with Crippen LogP contribution < -0.4 is 16.0 Å². The van der Waals surface area contributed by atoms with Crippen molar-refractivity contribution in [1.82, 2.24) is 5.43 Å². The van der Waals surface area contributed by atoms with E-state index in [0.29, 0.717) is 17.0 Å². The maximum Gasteiger partial charge on any atom is 0.274 e. The summed E-state index contributed by atoms with van der Waals surface area (Å²) in [6.07, 6.45) is -0.314. The number of nitrogens with two attached hydrogens (primary N) is 1. The Morgan fingerprint density at radius 3 is 2.94 bits per heavy atom. The molecule has 17 heavy (non-hydrogen) atoms. The number of benzene rings is 1. The van der Waals surface area contributed by atoms with Crippen LogP contribution in [0.4, 0.5) is 0 Å². The maximum absolute atomic E-state index is 11.4. The topological polar surface area (TPSA) is 88.1 Å². The molecule has 0 aliphatic rings. The fourth-order valence-electron chi connectivity index (χ4n) is 1.25. The number of hydrogen-bond acceptors (Lipinski definition) is 4. The van der Waals surface area contributed by atoms with E-state index in [4.69, 9.17) is 27.4 Å². The molecule has 1 unspecified atom stereocenters. The molecule has 1 rings (SSSR count). The lowest BCUT2D eigenvalue weighted by Gasteiger charge is -2.16. The van der Waals surface area contributed by atoms with Crippen molar-refractivity contribution in [2.24, 2.45) is 5.84 Å². The van der Waals surface area contributed by atoms with Crippen LogP contribution in [0.25, 0.3) is 0 Å². The number of carbonyl (C=O) groups is 1. The molecule has 0 aliphatic heterocycles. The van der Waals surface area contributed by atoms with Gasteiger partial charge in [0, 0.05) is 11.1 Å². The Bertz CT molecular complexity index is 457. The van der Waals surface area contributed by atoms with Gasteiger partial charge in [-0.15, -0.1) is 0 Å². The highest BCUT2D eigenvalue weighted by molar-refractivity contribution is 6.30. The van der Waals surface area contributed by atoms with Crippen LogP contribution in [0.15, 0.2) is 18.2 Å². The normalized spacial score (nSPS) is 11.4. The van der Waals surface area contributed by atoms with Gasteiger partial charge in [-0.3, -0.25) is 10.2 Å². The largest absolute Gasteiger partial charge is 0.479 e. The number of hydrazine groups is 1. The summed E-state index contributed by atoms with van der Waals surface area (Å²) in [6.45, 7) is 1.77. The van der Waals surface area contributed by atoms with Crippen molar-refractivity contribution in [1.29, 1.82) is 5.26 Å². The SMILES string of the molecule is CCC(Oc1cc(Cl)ccc1C#N)C(=O)NN. The van der Waals surface area contributed by atoms with Crippen molar-refractivity contribution in [3.8, 4) is 11.8 Å². The summed E-state index contributed by atoms with van der Waals surface area (Å²) >= 11 is 5.80. The minimum Gasteiger partial charge on any atom is -0.479 e. The summed E-state index contributed by atoms with van der Waals surface area (Å²) < 4.78 is 5.42.